The second-order valence-electron chi connectivity index (χ2n) is 12.2. The number of nitrogens with zero attached hydrogens (tertiary/aromatic N) is 1. The lowest BCUT2D eigenvalue weighted by molar-refractivity contribution is -0.137. The van der Waals surface area contributed by atoms with E-state index < -0.39 is 30.1 Å². The van der Waals surface area contributed by atoms with E-state index in [0.717, 1.165) is 24.8 Å². The fraction of sp³-hybridized carbons (Fsp3) is 0.543. The van der Waals surface area contributed by atoms with E-state index in [1.54, 1.807) is 37.3 Å². The van der Waals surface area contributed by atoms with Crippen molar-refractivity contribution in [2.45, 2.75) is 75.7 Å². The number of methoxy groups -OCH3 is 3. The van der Waals surface area contributed by atoms with Crippen molar-refractivity contribution in [1.82, 2.24) is 10.2 Å². The van der Waals surface area contributed by atoms with Gasteiger partial charge < -0.3 is 44.5 Å². The van der Waals surface area contributed by atoms with Crippen molar-refractivity contribution < 1.29 is 43.9 Å². The quantitative estimate of drug-likeness (QED) is 0.245. The van der Waals surface area contributed by atoms with Gasteiger partial charge in [0, 0.05) is 30.6 Å². The molecule has 0 bridgehead atoms. The smallest absolute Gasteiger partial charge is 0.247 e. The number of fused-ring (bicyclic) bond motifs is 3. The monoisotopic (exact) mass is 638 g/mol. The summed E-state index contributed by atoms with van der Waals surface area (Å²) in [5.74, 6) is 1.35. The van der Waals surface area contributed by atoms with Gasteiger partial charge >= 0.3 is 0 Å². The number of ether oxygens (including phenoxy) is 4. The molecule has 0 saturated heterocycles. The Morgan fingerprint density at radius 3 is 2.46 bits per heavy atom. The number of amides is 2. The van der Waals surface area contributed by atoms with Crippen LogP contribution in [0.25, 0.3) is 0 Å². The third-order valence-corrected chi connectivity index (χ3v) is 9.53. The summed E-state index contributed by atoms with van der Waals surface area (Å²) >= 11 is 0. The number of aliphatic hydroxyl groups is 3. The van der Waals surface area contributed by atoms with Gasteiger partial charge in [0.05, 0.1) is 46.5 Å². The van der Waals surface area contributed by atoms with Crippen molar-refractivity contribution in [2.75, 3.05) is 41.0 Å². The van der Waals surface area contributed by atoms with Crippen LogP contribution in [0.3, 0.4) is 0 Å². The first kappa shape index (κ1) is 33.6. The van der Waals surface area contributed by atoms with Gasteiger partial charge in [0.2, 0.25) is 11.8 Å². The molecule has 4 unspecified atom stereocenters. The van der Waals surface area contributed by atoms with E-state index in [9.17, 15) is 24.9 Å². The molecule has 2 amide bonds. The standard InChI is InChI=1S/C35H46N2O9/c1-43-24-9-10-28(44-2)23(18-24)12-14-37(30(40)11-8-21-6-4-5-7-21)27-19-26(35(42)36-13-15-38)31-25-16-22(20-39)17-29(45-3)33(25)46-34(31)32(27)41/h9-10,16-19,21,27,31-32,34,38-39,41H,4-8,11-15,20H2,1-3H3,(H,36,42). The fourth-order valence-corrected chi connectivity index (χ4v) is 7.15. The molecule has 0 radical (unpaired) electrons. The Morgan fingerprint density at radius 2 is 1.78 bits per heavy atom. The number of rotatable bonds is 14. The molecule has 3 aliphatic rings. The second kappa shape index (κ2) is 15.2. The molecular formula is C35H46N2O9. The van der Waals surface area contributed by atoms with E-state index in [-0.39, 0.29) is 32.2 Å². The summed E-state index contributed by atoms with van der Waals surface area (Å²) in [5, 5.41) is 34.1. The summed E-state index contributed by atoms with van der Waals surface area (Å²) < 4.78 is 23.0. The Labute approximate surface area is 270 Å². The van der Waals surface area contributed by atoms with Gasteiger partial charge in [-0.2, -0.15) is 0 Å². The zero-order valence-electron chi connectivity index (χ0n) is 26.9. The summed E-state index contributed by atoms with van der Waals surface area (Å²) in [5.41, 5.74) is 2.34. The number of benzene rings is 2. The Morgan fingerprint density at radius 1 is 1.02 bits per heavy atom. The van der Waals surface area contributed by atoms with Crippen LogP contribution in [0.4, 0.5) is 0 Å². The predicted molar refractivity (Wildman–Crippen MR) is 170 cm³/mol. The topological polar surface area (TPSA) is 147 Å². The highest BCUT2D eigenvalue weighted by molar-refractivity contribution is 5.96. The highest BCUT2D eigenvalue weighted by Gasteiger charge is 2.51. The molecule has 0 aromatic heterocycles. The molecular weight excluding hydrogens is 592 g/mol. The molecule has 1 heterocycles. The molecule has 1 fully saturated rings. The first-order valence-corrected chi connectivity index (χ1v) is 16.1. The number of hydrogen-bond donors (Lipinski definition) is 4. The molecule has 250 valence electrons. The lowest BCUT2D eigenvalue weighted by atomic mass is 9.77. The van der Waals surface area contributed by atoms with Crippen molar-refractivity contribution >= 4 is 11.8 Å². The lowest BCUT2D eigenvalue weighted by Crippen LogP contribution is -2.56. The van der Waals surface area contributed by atoms with Gasteiger partial charge in [0.25, 0.3) is 0 Å². The largest absolute Gasteiger partial charge is 0.497 e. The van der Waals surface area contributed by atoms with Crippen LogP contribution in [0.5, 0.6) is 23.0 Å². The van der Waals surface area contributed by atoms with E-state index in [2.05, 4.69) is 5.32 Å². The third-order valence-electron chi connectivity index (χ3n) is 9.53. The lowest BCUT2D eigenvalue weighted by Gasteiger charge is -2.41. The maximum atomic E-state index is 14.1. The molecule has 2 aromatic rings. The molecule has 1 saturated carbocycles. The average molecular weight is 639 g/mol. The van der Waals surface area contributed by atoms with E-state index in [1.807, 2.05) is 18.2 Å². The molecule has 2 aliphatic carbocycles. The van der Waals surface area contributed by atoms with Crippen molar-refractivity contribution in [3.63, 3.8) is 0 Å². The molecule has 0 spiro atoms. The summed E-state index contributed by atoms with van der Waals surface area (Å²) in [6.45, 7) is -0.213. The maximum absolute atomic E-state index is 14.1. The van der Waals surface area contributed by atoms with E-state index in [0.29, 0.717) is 58.5 Å². The Hall–Kier alpha value is -3.80. The van der Waals surface area contributed by atoms with Gasteiger partial charge in [-0.25, -0.2) is 0 Å². The summed E-state index contributed by atoms with van der Waals surface area (Å²) in [6, 6.07) is 8.04. The molecule has 11 heteroatoms. The first-order chi connectivity index (χ1) is 22.3. The summed E-state index contributed by atoms with van der Waals surface area (Å²) in [7, 11) is 4.67. The van der Waals surface area contributed by atoms with Gasteiger partial charge in [-0.3, -0.25) is 9.59 Å². The van der Waals surface area contributed by atoms with Crippen LogP contribution in [0, 0.1) is 5.92 Å². The van der Waals surface area contributed by atoms with Crippen LogP contribution >= 0.6 is 0 Å². The van der Waals surface area contributed by atoms with Crippen LogP contribution in [0.2, 0.25) is 0 Å². The molecule has 4 atom stereocenters. The molecule has 11 nitrogen and oxygen atoms in total. The van der Waals surface area contributed by atoms with Crippen molar-refractivity contribution in [3.05, 3.63) is 58.7 Å². The molecule has 4 N–H and O–H groups in total. The molecule has 1 aliphatic heterocycles. The van der Waals surface area contributed by atoms with Crippen molar-refractivity contribution in [3.8, 4) is 23.0 Å². The first-order valence-electron chi connectivity index (χ1n) is 16.1. The van der Waals surface area contributed by atoms with E-state index >= 15 is 0 Å². The van der Waals surface area contributed by atoms with Crippen molar-refractivity contribution in [1.29, 1.82) is 0 Å². The number of carbonyl (C=O) groups is 2. The number of hydrogen-bond acceptors (Lipinski definition) is 9. The zero-order chi connectivity index (χ0) is 32.8. The van der Waals surface area contributed by atoms with Crippen LogP contribution in [-0.4, -0.2) is 91.3 Å². The summed E-state index contributed by atoms with van der Waals surface area (Å²) in [4.78, 5) is 29.4. The van der Waals surface area contributed by atoms with Gasteiger partial charge in [0.15, 0.2) is 11.5 Å². The van der Waals surface area contributed by atoms with Crippen molar-refractivity contribution in [2.24, 2.45) is 5.92 Å². The van der Waals surface area contributed by atoms with Crippen LogP contribution < -0.4 is 24.3 Å². The zero-order valence-corrected chi connectivity index (χ0v) is 26.9. The van der Waals surface area contributed by atoms with E-state index in [4.69, 9.17) is 18.9 Å². The van der Waals surface area contributed by atoms with Crippen LogP contribution in [-0.2, 0) is 22.6 Å². The minimum Gasteiger partial charge on any atom is -0.497 e. The number of carbonyl (C=O) groups excluding carboxylic acids is 2. The maximum Gasteiger partial charge on any atom is 0.247 e. The number of aliphatic hydroxyl groups excluding tert-OH is 3. The van der Waals surface area contributed by atoms with Crippen LogP contribution in [0.1, 0.15) is 61.1 Å². The normalized spacial score (nSPS) is 21.9. The van der Waals surface area contributed by atoms with Gasteiger partial charge in [-0.15, -0.1) is 0 Å². The minimum atomic E-state index is -1.18. The predicted octanol–water partition coefficient (Wildman–Crippen LogP) is 2.87. The van der Waals surface area contributed by atoms with E-state index in [1.165, 1.54) is 20.0 Å². The van der Waals surface area contributed by atoms with Gasteiger partial charge in [-0.05, 0) is 66.3 Å². The third kappa shape index (κ3) is 6.96. The van der Waals surface area contributed by atoms with Gasteiger partial charge in [-0.1, -0.05) is 25.7 Å². The fourth-order valence-electron chi connectivity index (χ4n) is 7.15. The second-order valence-corrected chi connectivity index (χ2v) is 12.2. The molecule has 46 heavy (non-hydrogen) atoms. The number of nitrogens with one attached hydrogen (secondary N) is 1. The molecule has 5 rings (SSSR count). The highest BCUT2D eigenvalue weighted by Crippen LogP contribution is 2.51. The highest BCUT2D eigenvalue weighted by atomic mass is 16.5. The van der Waals surface area contributed by atoms with Crippen LogP contribution in [0.15, 0.2) is 42.0 Å². The Kier molecular flexibility index (Phi) is 11.1. The SMILES string of the molecule is COc1ccc(OC)c(CCN(C(=O)CCC2CCCC2)C2C=C(C(=O)NCCO)C3c4cc(CO)cc(OC)c4OC3C2O)c1. The summed E-state index contributed by atoms with van der Waals surface area (Å²) in [6.07, 6.45) is 5.68. The van der Waals surface area contributed by atoms with Gasteiger partial charge in [0.1, 0.15) is 23.7 Å². The average Bonchev–Trinajstić information content (AvgIpc) is 3.75. The Bertz CT molecular complexity index is 1420. The molecule has 2 aromatic carbocycles. The Balaban J connectivity index is 1.53. The minimum absolute atomic E-state index is 0.0359.